The molecule has 5 nitrogen and oxygen atoms in total. The first-order valence-electron chi connectivity index (χ1n) is 4.91. The molecule has 0 radical (unpaired) electrons. The molecule has 1 aliphatic carbocycles. The van der Waals surface area contributed by atoms with Gasteiger partial charge in [-0.15, -0.1) is 0 Å². The molecule has 14 heavy (non-hydrogen) atoms. The summed E-state index contributed by atoms with van der Waals surface area (Å²) >= 11 is 0. The Hall–Kier alpha value is -1.26. The molecule has 1 aliphatic heterocycles. The number of urea groups is 1. The van der Waals surface area contributed by atoms with Crippen LogP contribution in [-0.2, 0) is 9.53 Å². The Balaban J connectivity index is 1.81. The van der Waals surface area contributed by atoms with E-state index in [0.717, 1.165) is 12.8 Å². The van der Waals surface area contributed by atoms with E-state index in [2.05, 4.69) is 0 Å². The van der Waals surface area contributed by atoms with Gasteiger partial charge in [0.1, 0.15) is 6.10 Å². The van der Waals surface area contributed by atoms with Crippen LogP contribution >= 0.6 is 0 Å². The fourth-order valence-corrected chi connectivity index (χ4v) is 1.60. The van der Waals surface area contributed by atoms with Crippen LogP contribution in [-0.4, -0.2) is 36.1 Å². The Kier molecular flexibility index (Phi) is 2.31. The molecule has 78 valence electrons. The van der Waals surface area contributed by atoms with Crippen molar-refractivity contribution in [3.63, 3.8) is 0 Å². The number of esters is 1. The van der Waals surface area contributed by atoms with E-state index in [9.17, 15) is 9.59 Å². The second-order valence-corrected chi connectivity index (χ2v) is 3.91. The molecule has 0 aromatic heterocycles. The molecule has 2 fully saturated rings. The maximum Gasteiger partial charge on any atom is 0.314 e. The standard InChI is InChI=1S/C9H14N2O3/c10-9(13)11-4-3-6(5-11)8(12)14-7-1-2-7/h6-7H,1-5H2,(H2,10,13). The van der Waals surface area contributed by atoms with Crippen molar-refractivity contribution in [2.24, 2.45) is 11.7 Å². The van der Waals surface area contributed by atoms with Gasteiger partial charge in [0.2, 0.25) is 0 Å². The molecule has 1 saturated carbocycles. The number of amides is 2. The molecule has 1 heterocycles. The smallest absolute Gasteiger partial charge is 0.314 e. The maximum atomic E-state index is 11.5. The van der Waals surface area contributed by atoms with Crippen molar-refractivity contribution in [3.8, 4) is 0 Å². The van der Waals surface area contributed by atoms with Crippen LogP contribution in [0.25, 0.3) is 0 Å². The van der Waals surface area contributed by atoms with E-state index < -0.39 is 6.03 Å². The SMILES string of the molecule is NC(=O)N1CCC(C(=O)OC2CC2)C1. The molecule has 2 aliphatic rings. The Labute approximate surface area is 82.2 Å². The van der Waals surface area contributed by atoms with Crippen LogP contribution in [0.3, 0.4) is 0 Å². The molecule has 0 bridgehead atoms. The normalized spacial score (nSPS) is 26.3. The van der Waals surface area contributed by atoms with Crippen LogP contribution < -0.4 is 5.73 Å². The number of primary amides is 1. The minimum absolute atomic E-state index is 0.144. The predicted octanol–water partition coefficient (Wildman–Crippen LogP) is 0.0926. The van der Waals surface area contributed by atoms with Gasteiger partial charge in [0.15, 0.2) is 0 Å². The first kappa shape index (κ1) is 9.30. The van der Waals surface area contributed by atoms with Crippen LogP contribution in [0.4, 0.5) is 4.79 Å². The van der Waals surface area contributed by atoms with Crippen molar-refractivity contribution in [1.29, 1.82) is 0 Å². The molecule has 1 saturated heterocycles. The van der Waals surface area contributed by atoms with Crippen molar-refractivity contribution in [1.82, 2.24) is 4.90 Å². The third-order valence-corrected chi connectivity index (χ3v) is 2.64. The number of hydrogen-bond donors (Lipinski definition) is 1. The van der Waals surface area contributed by atoms with Gasteiger partial charge in [-0.05, 0) is 19.3 Å². The summed E-state index contributed by atoms with van der Waals surface area (Å²) in [5, 5.41) is 0. The number of carbonyl (C=O) groups excluding carboxylic acids is 2. The monoisotopic (exact) mass is 198 g/mol. The lowest BCUT2D eigenvalue weighted by Crippen LogP contribution is -2.34. The van der Waals surface area contributed by atoms with E-state index in [-0.39, 0.29) is 18.0 Å². The van der Waals surface area contributed by atoms with Crippen molar-refractivity contribution < 1.29 is 14.3 Å². The van der Waals surface area contributed by atoms with Gasteiger partial charge in [0, 0.05) is 13.1 Å². The second kappa shape index (κ2) is 3.48. The van der Waals surface area contributed by atoms with Gasteiger partial charge >= 0.3 is 12.0 Å². The van der Waals surface area contributed by atoms with Gasteiger partial charge in [-0.3, -0.25) is 4.79 Å². The summed E-state index contributed by atoms with van der Waals surface area (Å²) in [6.07, 6.45) is 2.79. The molecule has 2 rings (SSSR count). The summed E-state index contributed by atoms with van der Waals surface area (Å²) in [6.45, 7) is 0.987. The van der Waals surface area contributed by atoms with Crippen molar-refractivity contribution in [2.45, 2.75) is 25.4 Å². The highest BCUT2D eigenvalue weighted by atomic mass is 16.5. The lowest BCUT2D eigenvalue weighted by Gasteiger charge is -2.12. The minimum atomic E-state index is -0.452. The maximum absolute atomic E-state index is 11.5. The van der Waals surface area contributed by atoms with E-state index in [0.29, 0.717) is 19.5 Å². The van der Waals surface area contributed by atoms with Gasteiger partial charge in [0.25, 0.3) is 0 Å². The summed E-state index contributed by atoms with van der Waals surface area (Å²) < 4.78 is 5.16. The number of carbonyl (C=O) groups is 2. The third-order valence-electron chi connectivity index (χ3n) is 2.64. The van der Waals surface area contributed by atoms with Crippen LogP contribution in [0.15, 0.2) is 0 Å². The number of likely N-dealkylation sites (tertiary alicyclic amines) is 1. The summed E-state index contributed by atoms with van der Waals surface area (Å²) in [4.78, 5) is 23.7. The lowest BCUT2D eigenvalue weighted by molar-refractivity contribution is -0.149. The zero-order chi connectivity index (χ0) is 10.1. The predicted molar refractivity (Wildman–Crippen MR) is 48.4 cm³/mol. The summed E-state index contributed by atoms with van der Waals surface area (Å²) in [6, 6.07) is -0.452. The number of nitrogens with two attached hydrogens (primary N) is 1. The van der Waals surface area contributed by atoms with Crippen LogP contribution in [0, 0.1) is 5.92 Å². The number of rotatable bonds is 2. The molecule has 1 atom stereocenters. The quantitative estimate of drug-likeness (QED) is 0.639. The molecule has 5 heteroatoms. The molecule has 1 unspecified atom stereocenters. The van der Waals surface area contributed by atoms with E-state index in [1.165, 1.54) is 4.90 Å². The third kappa shape index (κ3) is 1.97. The molecular formula is C9H14N2O3. The molecule has 0 spiro atoms. The van der Waals surface area contributed by atoms with E-state index >= 15 is 0 Å². The van der Waals surface area contributed by atoms with Crippen molar-refractivity contribution in [2.75, 3.05) is 13.1 Å². The lowest BCUT2D eigenvalue weighted by atomic mass is 10.1. The zero-order valence-corrected chi connectivity index (χ0v) is 7.94. The summed E-state index contributed by atoms with van der Waals surface area (Å²) in [5.74, 6) is -0.334. The Morgan fingerprint density at radius 3 is 2.50 bits per heavy atom. The van der Waals surface area contributed by atoms with Gasteiger partial charge in [-0.25, -0.2) is 4.79 Å². The van der Waals surface area contributed by atoms with Gasteiger partial charge in [0.05, 0.1) is 5.92 Å². The van der Waals surface area contributed by atoms with Crippen molar-refractivity contribution in [3.05, 3.63) is 0 Å². The topological polar surface area (TPSA) is 72.6 Å². The number of hydrogen-bond acceptors (Lipinski definition) is 3. The average molecular weight is 198 g/mol. The first-order valence-corrected chi connectivity index (χ1v) is 4.91. The number of ether oxygens (including phenoxy) is 1. The van der Waals surface area contributed by atoms with Crippen LogP contribution in [0.1, 0.15) is 19.3 Å². The molecule has 0 aromatic carbocycles. The van der Waals surface area contributed by atoms with E-state index in [1.807, 2.05) is 0 Å². The van der Waals surface area contributed by atoms with Crippen molar-refractivity contribution >= 4 is 12.0 Å². The summed E-state index contributed by atoms with van der Waals surface area (Å²) in [7, 11) is 0. The van der Waals surface area contributed by atoms with Crippen LogP contribution in [0.2, 0.25) is 0 Å². The molecule has 0 aromatic rings. The molecule has 2 amide bonds. The van der Waals surface area contributed by atoms with Gasteiger partial charge < -0.3 is 15.4 Å². The molecular weight excluding hydrogens is 184 g/mol. The minimum Gasteiger partial charge on any atom is -0.462 e. The number of nitrogens with zero attached hydrogens (tertiary/aromatic N) is 1. The fourth-order valence-electron chi connectivity index (χ4n) is 1.60. The highest BCUT2D eigenvalue weighted by molar-refractivity contribution is 5.77. The van der Waals surface area contributed by atoms with Gasteiger partial charge in [-0.1, -0.05) is 0 Å². The average Bonchev–Trinajstić information content (AvgIpc) is 2.81. The Bertz CT molecular complexity index is 263. The second-order valence-electron chi connectivity index (χ2n) is 3.91. The van der Waals surface area contributed by atoms with Gasteiger partial charge in [-0.2, -0.15) is 0 Å². The largest absolute Gasteiger partial charge is 0.462 e. The van der Waals surface area contributed by atoms with Crippen LogP contribution in [0.5, 0.6) is 0 Å². The van der Waals surface area contributed by atoms with E-state index in [1.54, 1.807) is 0 Å². The highest BCUT2D eigenvalue weighted by Crippen LogP contribution is 2.26. The first-order chi connectivity index (χ1) is 6.66. The summed E-state index contributed by atoms with van der Waals surface area (Å²) in [5.41, 5.74) is 5.11. The Morgan fingerprint density at radius 1 is 1.29 bits per heavy atom. The highest BCUT2D eigenvalue weighted by Gasteiger charge is 2.34. The Morgan fingerprint density at radius 2 is 2.00 bits per heavy atom. The zero-order valence-electron chi connectivity index (χ0n) is 7.94. The molecule has 2 N–H and O–H groups in total. The fraction of sp³-hybridized carbons (Fsp3) is 0.778. The van der Waals surface area contributed by atoms with E-state index in [4.69, 9.17) is 10.5 Å².